The van der Waals surface area contributed by atoms with E-state index in [0.717, 1.165) is 54.0 Å². The van der Waals surface area contributed by atoms with Crippen molar-refractivity contribution in [1.82, 2.24) is 19.4 Å². The number of nitrogens with zero attached hydrogens (tertiary/aromatic N) is 5. The summed E-state index contributed by atoms with van der Waals surface area (Å²) in [5, 5.41) is 7.25. The summed E-state index contributed by atoms with van der Waals surface area (Å²) in [7, 11) is 2.14. The van der Waals surface area contributed by atoms with Crippen LogP contribution in [0.3, 0.4) is 0 Å². The first-order valence-electron chi connectivity index (χ1n) is 13.3. The Morgan fingerprint density at radius 3 is 2.55 bits per heavy atom. The standard InChI is InChI=1S/C31H30FN7O/c1-37-13-15-38(16-14-37)27-8-5-25(6-9-27)36-31(40)28-19-33-21-34-30(28)35-26-7-10-29-23(18-26)11-12-39(29)20-22-3-2-4-24(32)17-22/h2-12,17-19,21H,13-16,20H2,1H3,(H,36,40)(H,33,34,35). The van der Waals surface area contributed by atoms with Crippen LogP contribution in [0.15, 0.2) is 91.5 Å². The van der Waals surface area contributed by atoms with Gasteiger partial charge in [-0.3, -0.25) is 4.79 Å². The molecule has 3 aromatic carbocycles. The number of carbonyl (C=O) groups is 1. The molecule has 3 heterocycles. The number of piperazine rings is 1. The third-order valence-electron chi connectivity index (χ3n) is 7.23. The van der Waals surface area contributed by atoms with Crippen molar-refractivity contribution in [2.24, 2.45) is 0 Å². The lowest BCUT2D eigenvalue weighted by Gasteiger charge is -2.34. The van der Waals surface area contributed by atoms with Crippen LogP contribution in [0.5, 0.6) is 0 Å². The number of hydrogen-bond acceptors (Lipinski definition) is 6. The van der Waals surface area contributed by atoms with Crippen molar-refractivity contribution in [2.45, 2.75) is 6.54 Å². The van der Waals surface area contributed by atoms with Crippen LogP contribution >= 0.6 is 0 Å². The molecule has 1 aliphatic rings. The van der Waals surface area contributed by atoms with Gasteiger partial charge in [-0.25, -0.2) is 14.4 Å². The van der Waals surface area contributed by atoms with Gasteiger partial charge in [-0.1, -0.05) is 12.1 Å². The molecule has 5 aromatic rings. The first kappa shape index (κ1) is 25.5. The van der Waals surface area contributed by atoms with Gasteiger partial charge in [-0.15, -0.1) is 0 Å². The highest BCUT2D eigenvalue weighted by molar-refractivity contribution is 6.07. The van der Waals surface area contributed by atoms with Crippen molar-refractivity contribution in [3.05, 3.63) is 108 Å². The molecule has 1 fully saturated rings. The largest absolute Gasteiger partial charge is 0.369 e. The quantitative estimate of drug-likeness (QED) is 0.292. The van der Waals surface area contributed by atoms with E-state index in [1.54, 1.807) is 12.1 Å². The molecule has 8 nitrogen and oxygen atoms in total. The van der Waals surface area contributed by atoms with Crippen molar-refractivity contribution < 1.29 is 9.18 Å². The van der Waals surface area contributed by atoms with Gasteiger partial charge < -0.3 is 25.0 Å². The Balaban J connectivity index is 1.15. The molecule has 6 rings (SSSR count). The van der Waals surface area contributed by atoms with E-state index in [1.807, 2.05) is 60.8 Å². The SMILES string of the molecule is CN1CCN(c2ccc(NC(=O)c3cncnc3Nc3ccc4c(ccn4Cc4cccc(F)c4)c3)cc2)CC1. The molecule has 9 heteroatoms. The summed E-state index contributed by atoms with van der Waals surface area (Å²) in [5.41, 5.74) is 4.91. The van der Waals surface area contributed by atoms with E-state index in [1.165, 1.54) is 18.6 Å². The molecule has 1 aliphatic heterocycles. The highest BCUT2D eigenvalue weighted by Crippen LogP contribution is 2.26. The van der Waals surface area contributed by atoms with Crippen LogP contribution in [0, 0.1) is 5.82 Å². The van der Waals surface area contributed by atoms with E-state index in [9.17, 15) is 9.18 Å². The molecule has 0 unspecified atom stereocenters. The smallest absolute Gasteiger partial charge is 0.261 e. The fraction of sp³-hybridized carbons (Fsp3) is 0.194. The van der Waals surface area contributed by atoms with Gasteiger partial charge in [0.25, 0.3) is 5.91 Å². The molecule has 0 saturated carbocycles. The van der Waals surface area contributed by atoms with Crippen molar-refractivity contribution in [3.8, 4) is 0 Å². The van der Waals surface area contributed by atoms with Crippen molar-refractivity contribution in [1.29, 1.82) is 0 Å². The molecule has 1 amide bonds. The first-order chi connectivity index (χ1) is 19.5. The van der Waals surface area contributed by atoms with E-state index >= 15 is 0 Å². The molecule has 0 aliphatic carbocycles. The molecular weight excluding hydrogens is 505 g/mol. The normalized spacial score (nSPS) is 13.9. The fourth-order valence-electron chi connectivity index (χ4n) is 5.00. The Morgan fingerprint density at radius 1 is 0.950 bits per heavy atom. The van der Waals surface area contributed by atoms with Gasteiger partial charge in [0.1, 0.15) is 23.5 Å². The van der Waals surface area contributed by atoms with Crippen LogP contribution in [0.4, 0.5) is 27.3 Å². The predicted molar refractivity (Wildman–Crippen MR) is 157 cm³/mol. The van der Waals surface area contributed by atoms with Crippen molar-refractivity contribution in [3.63, 3.8) is 0 Å². The molecule has 2 aromatic heterocycles. The van der Waals surface area contributed by atoms with E-state index < -0.39 is 0 Å². The van der Waals surface area contributed by atoms with E-state index in [-0.39, 0.29) is 11.7 Å². The maximum atomic E-state index is 13.6. The zero-order valence-electron chi connectivity index (χ0n) is 22.2. The molecule has 0 atom stereocenters. The van der Waals surface area contributed by atoms with Crippen LogP contribution in [-0.4, -0.2) is 58.6 Å². The third kappa shape index (κ3) is 5.64. The Bertz CT molecular complexity index is 1640. The summed E-state index contributed by atoms with van der Waals surface area (Å²) in [6, 6.07) is 22.5. The number of carbonyl (C=O) groups excluding carboxylic acids is 1. The van der Waals surface area contributed by atoms with Crippen LogP contribution < -0.4 is 15.5 Å². The van der Waals surface area contributed by atoms with Crippen molar-refractivity contribution >= 4 is 39.7 Å². The minimum Gasteiger partial charge on any atom is -0.369 e. The van der Waals surface area contributed by atoms with E-state index in [2.05, 4.69) is 42.0 Å². The number of rotatable bonds is 7. The van der Waals surface area contributed by atoms with Gasteiger partial charge in [-0.2, -0.15) is 0 Å². The van der Waals surface area contributed by atoms with Gasteiger partial charge in [0.15, 0.2) is 0 Å². The number of halogens is 1. The van der Waals surface area contributed by atoms with E-state index in [0.29, 0.717) is 23.6 Å². The second-order valence-corrected chi connectivity index (χ2v) is 10.0. The first-order valence-corrected chi connectivity index (χ1v) is 13.3. The summed E-state index contributed by atoms with van der Waals surface area (Å²) in [6.45, 7) is 4.62. The Labute approximate surface area is 232 Å². The number of benzene rings is 3. The van der Waals surface area contributed by atoms with Gasteiger partial charge in [0, 0.05) is 73.1 Å². The van der Waals surface area contributed by atoms with Gasteiger partial charge in [0.05, 0.1) is 0 Å². The molecular formula is C31H30FN7O. The van der Waals surface area contributed by atoms with Crippen LogP contribution in [0.2, 0.25) is 0 Å². The molecule has 0 spiro atoms. The Morgan fingerprint density at radius 2 is 1.75 bits per heavy atom. The summed E-state index contributed by atoms with van der Waals surface area (Å²) in [6.07, 6.45) is 4.91. The number of amides is 1. The van der Waals surface area contributed by atoms with Crippen LogP contribution in [0.25, 0.3) is 10.9 Å². The van der Waals surface area contributed by atoms with Gasteiger partial charge in [-0.05, 0) is 73.3 Å². The average molecular weight is 536 g/mol. The number of anilines is 4. The number of aromatic nitrogens is 3. The molecule has 1 saturated heterocycles. The topological polar surface area (TPSA) is 78.3 Å². The third-order valence-corrected chi connectivity index (χ3v) is 7.23. The lowest BCUT2D eigenvalue weighted by Crippen LogP contribution is -2.44. The average Bonchev–Trinajstić information content (AvgIpc) is 3.36. The fourth-order valence-corrected chi connectivity index (χ4v) is 5.00. The molecule has 40 heavy (non-hydrogen) atoms. The lowest BCUT2D eigenvalue weighted by atomic mass is 10.2. The minimum atomic E-state index is -0.294. The molecule has 2 N–H and O–H groups in total. The Kier molecular flexibility index (Phi) is 7.11. The molecule has 202 valence electrons. The predicted octanol–water partition coefficient (Wildman–Crippen LogP) is 5.37. The number of fused-ring (bicyclic) bond motifs is 1. The number of hydrogen-bond donors (Lipinski definition) is 2. The van der Waals surface area contributed by atoms with Crippen molar-refractivity contribution in [2.75, 3.05) is 48.8 Å². The highest BCUT2D eigenvalue weighted by atomic mass is 19.1. The molecule has 0 radical (unpaired) electrons. The lowest BCUT2D eigenvalue weighted by molar-refractivity contribution is 0.102. The zero-order valence-corrected chi connectivity index (χ0v) is 22.2. The summed E-state index contributed by atoms with van der Waals surface area (Å²) in [4.78, 5) is 26.3. The number of nitrogens with one attached hydrogen (secondary N) is 2. The second-order valence-electron chi connectivity index (χ2n) is 10.0. The maximum absolute atomic E-state index is 13.6. The zero-order chi connectivity index (χ0) is 27.5. The van der Waals surface area contributed by atoms with Crippen LogP contribution in [0.1, 0.15) is 15.9 Å². The maximum Gasteiger partial charge on any atom is 0.261 e. The van der Waals surface area contributed by atoms with Gasteiger partial charge in [0.2, 0.25) is 0 Å². The summed E-state index contributed by atoms with van der Waals surface area (Å²) >= 11 is 0. The molecule has 0 bridgehead atoms. The minimum absolute atomic E-state index is 0.243. The summed E-state index contributed by atoms with van der Waals surface area (Å²) < 4.78 is 15.7. The van der Waals surface area contributed by atoms with E-state index in [4.69, 9.17) is 0 Å². The highest BCUT2D eigenvalue weighted by Gasteiger charge is 2.16. The second kappa shape index (κ2) is 11.2. The summed E-state index contributed by atoms with van der Waals surface area (Å²) in [5.74, 6) is -0.120. The van der Waals surface area contributed by atoms with Crippen LogP contribution in [-0.2, 0) is 6.54 Å². The Hall–Kier alpha value is -4.76. The monoisotopic (exact) mass is 535 g/mol. The number of likely N-dealkylation sites (N-methyl/N-ethyl adjacent to an activating group) is 1. The van der Waals surface area contributed by atoms with Gasteiger partial charge >= 0.3 is 0 Å².